The van der Waals surface area contributed by atoms with Gasteiger partial charge in [0, 0.05) is 17.5 Å². The summed E-state index contributed by atoms with van der Waals surface area (Å²) >= 11 is 0. The summed E-state index contributed by atoms with van der Waals surface area (Å²) in [5.41, 5.74) is 1.44. The van der Waals surface area contributed by atoms with Gasteiger partial charge in [0.15, 0.2) is 0 Å². The fourth-order valence-corrected chi connectivity index (χ4v) is 2.05. The van der Waals surface area contributed by atoms with Crippen LogP contribution in [-0.4, -0.2) is 29.0 Å². The van der Waals surface area contributed by atoms with E-state index in [2.05, 4.69) is 0 Å². The zero-order chi connectivity index (χ0) is 13.8. The third-order valence-electron chi connectivity index (χ3n) is 3.09. The highest BCUT2D eigenvalue weighted by atomic mass is 16.5. The second-order valence-corrected chi connectivity index (χ2v) is 4.25. The number of phenolic OH excluding ortho intramolecular Hbond substituents is 2. The van der Waals surface area contributed by atoms with Gasteiger partial charge in [-0.25, -0.2) is 0 Å². The van der Waals surface area contributed by atoms with Crippen LogP contribution in [0.3, 0.4) is 0 Å². The van der Waals surface area contributed by atoms with E-state index < -0.39 is 0 Å². The lowest BCUT2D eigenvalue weighted by molar-refractivity contribution is 0.278. The Morgan fingerprint density at radius 2 is 1.74 bits per heavy atom. The summed E-state index contributed by atoms with van der Waals surface area (Å²) in [6, 6.07) is 11.6. The number of benzene rings is 2. The highest BCUT2D eigenvalue weighted by molar-refractivity contribution is 5.45. The molecule has 3 N–H and O–H groups in total. The molecule has 0 aliphatic heterocycles. The number of methoxy groups -OCH3 is 1. The topological polar surface area (TPSA) is 69.9 Å². The molecule has 0 aromatic heterocycles. The molecule has 2 aromatic carbocycles. The predicted octanol–water partition coefficient (Wildman–Crippen LogP) is 2.23. The van der Waals surface area contributed by atoms with Crippen LogP contribution in [-0.2, 0) is 0 Å². The van der Waals surface area contributed by atoms with Crippen LogP contribution in [0.2, 0.25) is 0 Å². The van der Waals surface area contributed by atoms with Gasteiger partial charge in [0.25, 0.3) is 0 Å². The first-order valence-corrected chi connectivity index (χ1v) is 5.92. The molecule has 4 nitrogen and oxygen atoms in total. The normalized spacial score (nSPS) is 12.1. The van der Waals surface area contributed by atoms with Gasteiger partial charge in [-0.05, 0) is 23.8 Å². The predicted molar refractivity (Wildman–Crippen MR) is 71.7 cm³/mol. The minimum atomic E-state index is -0.341. The van der Waals surface area contributed by atoms with Crippen molar-refractivity contribution in [2.45, 2.75) is 5.92 Å². The first kappa shape index (κ1) is 13.2. The first-order chi connectivity index (χ1) is 9.15. The molecule has 1 unspecified atom stereocenters. The number of phenols is 2. The summed E-state index contributed by atoms with van der Waals surface area (Å²) in [6.07, 6.45) is 0. The Bertz CT molecular complexity index is 549. The quantitative estimate of drug-likeness (QED) is 0.788. The molecule has 0 aliphatic carbocycles. The largest absolute Gasteiger partial charge is 0.508 e. The van der Waals surface area contributed by atoms with Crippen molar-refractivity contribution in [2.24, 2.45) is 0 Å². The van der Waals surface area contributed by atoms with E-state index in [1.54, 1.807) is 25.3 Å². The lowest BCUT2D eigenvalue weighted by Crippen LogP contribution is -2.06. The van der Waals surface area contributed by atoms with Crippen molar-refractivity contribution in [3.05, 3.63) is 53.6 Å². The number of aliphatic hydroxyl groups excluding tert-OH is 1. The maximum Gasteiger partial charge on any atom is 0.123 e. The molecule has 19 heavy (non-hydrogen) atoms. The van der Waals surface area contributed by atoms with Crippen molar-refractivity contribution in [3.8, 4) is 17.2 Å². The summed E-state index contributed by atoms with van der Waals surface area (Å²) in [7, 11) is 1.59. The summed E-state index contributed by atoms with van der Waals surface area (Å²) in [6.45, 7) is -0.134. The number of hydrogen-bond acceptors (Lipinski definition) is 4. The molecule has 0 saturated heterocycles. The van der Waals surface area contributed by atoms with Crippen molar-refractivity contribution >= 4 is 0 Å². The molecule has 1 atom stereocenters. The molecule has 2 aromatic rings. The maximum atomic E-state index is 9.86. The Labute approximate surface area is 111 Å². The standard InChI is InChI=1S/C15H16O4/c1-19-12-5-2-10(3-6-12)14(9-16)13-7-4-11(17)8-15(13)18/h2-8,14,16-18H,9H2,1H3. The highest BCUT2D eigenvalue weighted by Gasteiger charge is 2.17. The number of aliphatic hydroxyl groups is 1. The van der Waals surface area contributed by atoms with E-state index in [1.807, 2.05) is 12.1 Å². The zero-order valence-corrected chi connectivity index (χ0v) is 10.6. The van der Waals surface area contributed by atoms with Crippen molar-refractivity contribution in [3.63, 3.8) is 0 Å². The Hall–Kier alpha value is -2.20. The van der Waals surface area contributed by atoms with Gasteiger partial charge >= 0.3 is 0 Å². The molecule has 2 rings (SSSR count). The van der Waals surface area contributed by atoms with E-state index >= 15 is 0 Å². The summed E-state index contributed by atoms with van der Waals surface area (Å²) in [4.78, 5) is 0. The van der Waals surface area contributed by atoms with Crippen molar-refractivity contribution in [1.29, 1.82) is 0 Å². The van der Waals surface area contributed by atoms with Gasteiger partial charge in [0.05, 0.1) is 13.7 Å². The Morgan fingerprint density at radius 3 is 2.26 bits per heavy atom. The van der Waals surface area contributed by atoms with Crippen LogP contribution >= 0.6 is 0 Å². The van der Waals surface area contributed by atoms with Crippen LogP contribution in [0.5, 0.6) is 17.2 Å². The lowest BCUT2D eigenvalue weighted by atomic mass is 9.91. The molecule has 0 saturated carbocycles. The second-order valence-electron chi connectivity index (χ2n) is 4.25. The molecular formula is C15H16O4. The van der Waals surface area contributed by atoms with E-state index in [1.165, 1.54) is 12.1 Å². The molecule has 0 bridgehead atoms. The van der Waals surface area contributed by atoms with Crippen LogP contribution in [0.25, 0.3) is 0 Å². The van der Waals surface area contributed by atoms with E-state index in [9.17, 15) is 15.3 Å². The number of aromatic hydroxyl groups is 2. The fourth-order valence-electron chi connectivity index (χ4n) is 2.05. The van der Waals surface area contributed by atoms with E-state index in [0.29, 0.717) is 5.56 Å². The summed E-state index contributed by atoms with van der Waals surface area (Å²) in [5, 5.41) is 28.7. The van der Waals surface area contributed by atoms with E-state index in [-0.39, 0.29) is 24.0 Å². The van der Waals surface area contributed by atoms with Crippen LogP contribution in [0, 0.1) is 0 Å². The van der Waals surface area contributed by atoms with E-state index in [4.69, 9.17) is 4.74 Å². The van der Waals surface area contributed by atoms with Crippen molar-refractivity contribution in [2.75, 3.05) is 13.7 Å². The van der Waals surface area contributed by atoms with Gasteiger partial charge in [0.2, 0.25) is 0 Å². The fraction of sp³-hybridized carbons (Fsp3) is 0.200. The third-order valence-corrected chi connectivity index (χ3v) is 3.09. The Morgan fingerprint density at radius 1 is 1.05 bits per heavy atom. The van der Waals surface area contributed by atoms with Gasteiger partial charge in [-0.2, -0.15) is 0 Å². The summed E-state index contributed by atoms with van der Waals surface area (Å²) in [5.74, 6) is 0.351. The lowest BCUT2D eigenvalue weighted by Gasteiger charge is -2.17. The monoisotopic (exact) mass is 260 g/mol. The number of rotatable bonds is 4. The van der Waals surface area contributed by atoms with Gasteiger partial charge in [-0.15, -0.1) is 0 Å². The van der Waals surface area contributed by atoms with Crippen LogP contribution in [0.1, 0.15) is 17.0 Å². The average molecular weight is 260 g/mol. The van der Waals surface area contributed by atoms with Gasteiger partial charge < -0.3 is 20.1 Å². The molecule has 0 fully saturated rings. The Kier molecular flexibility index (Phi) is 3.92. The van der Waals surface area contributed by atoms with E-state index in [0.717, 1.165) is 11.3 Å². The van der Waals surface area contributed by atoms with Crippen LogP contribution < -0.4 is 4.74 Å². The molecule has 4 heteroatoms. The molecule has 0 aliphatic rings. The minimum absolute atomic E-state index is 0.00679. The van der Waals surface area contributed by atoms with Crippen molar-refractivity contribution < 1.29 is 20.1 Å². The highest BCUT2D eigenvalue weighted by Crippen LogP contribution is 2.33. The van der Waals surface area contributed by atoms with Crippen LogP contribution in [0.4, 0.5) is 0 Å². The molecular weight excluding hydrogens is 244 g/mol. The molecule has 0 radical (unpaired) electrons. The SMILES string of the molecule is COc1ccc(C(CO)c2ccc(O)cc2O)cc1. The number of hydrogen-bond donors (Lipinski definition) is 3. The molecule has 0 heterocycles. The third kappa shape index (κ3) is 2.80. The first-order valence-electron chi connectivity index (χ1n) is 5.92. The smallest absolute Gasteiger partial charge is 0.123 e. The Balaban J connectivity index is 2.37. The molecule has 0 spiro atoms. The van der Waals surface area contributed by atoms with Gasteiger partial charge in [-0.1, -0.05) is 18.2 Å². The molecule has 0 amide bonds. The van der Waals surface area contributed by atoms with Crippen LogP contribution in [0.15, 0.2) is 42.5 Å². The van der Waals surface area contributed by atoms with Gasteiger partial charge in [-0.3, -0.25) is 0 Å². The van der Waals surface area contributed by atoms with Gasteiger partial charge in [0.1, 0.15) is 17.2 Å². The number of ether oxygens (including phenoxy) is 1. The zero-order valence-electron chi connectivity index (χ0n) is 10.6. The summed E-state index contributed by atoms with van der Waals surface area (Å²) < 4.78 is 5.08. The average Bonchev–Trinajstić information content (AvgIpc) is 2.42. The minimum Gasteiger partial charge on any atom is -0.508 e. The van der Waals surface area contributed by atoms with Crippen molar-refractivity contribution in [1.82, 2.24) is 0 Å². The second kappa shape index (κ2) is 5.63. The molecule has 100 valence electrons. The maximum absolute atomic E-state index is 9.86.